The van der Waals surface area contributed by atoms with Gasteiger partial charge in [0.05, 0.1) is 0 Å². The van der Waals surface area contributed by atoms with Gasteiger partial charge < -0.3 is 10.2 Å². The van der Waals surface area contributed by atoms with E-state index in [2.05, 4.69) is 32.9 Å². The molecular formula is C24H38O4. The molecule has 0 saturated carbocycles. The number of carboxylic acids is 2. The van der Waals surface area contributed by atoms with Crippen LogP contribution in [0.5, 0.6) is 0 Å². The number of hydrogen-bond acceptors (Lipinski definition) is 2. The zero-order chi connectivity index (χ0) is 21.0. The topological polar surface area (TPSA) is 74.6 Å². The van der Waals surface area contributed by atoms with Crippen LogP contribution < -0.4 is 0 Å². The van der Waals surface area contributed by atoms with Gasteiger partial charge in [0, 0.05) is 5.41 Å². The van der Waals surface area contributed by atoms with E-state index in [4.69, 9.17) is 0 Å². The maximum absolute atomic E-state index is 11.9. The third-order valence-corrected chi connectivity index (χ3v) is 5.89. The first-order chi connectivity index (χ1) is 13.4. The average Bonchev–Trinajstić information content (AvgIpc) is 2.66. The van der Waals surface area contributed by atoms with Crippen molar-refractivity contribution < 1.29 is 19.8 Å². The molecule has 2 N–H and O–H groups in total. The van der Waals surface area contributed by atoms with E-state index in [9.17, 15) is 19.8 Å². The lowest BCUT2D eigenvalue weighted by atomic mass is 9.61. The van der Waals surface area contributed by atoms with E-state index in [0.29, 0.717) is 12.0 Å². The second-order valence-corrected chi connectivity index (χ2v) is 7.91. The molecule has 158 valence electrons. The van der Waals surface area contributed by atoms with Gasteiger partial charge in [0.15, 0.2) is 0 Å². The SMILES string of the molecule is CCCCCCC1(C(CCCC)=C(C(=O)O)C(=O)O)C=CC=CC1CCCC. The molecule has 0 amide bonds. The smallest absolute Gasteiger partial charge is 0.343 e. The number of aliphatic carboxylic acids is 2. The van der Waals surface area contributed by atoms with E-state index >= 15 is 0 Å². The molecule has 2 atom stereocenters. The Hall–Kier alpha value is -1.84. The maximum Gasteiger partial charge on any atom is 0.343 e. The van der Waals surface area contributed by atoms with Gasteiger partial charge in [-0.1, -0.05) is 90.0 Å². The number of allylic oxidation sites excluding steroid dienone is 5. The summed E-state index contributed by atoms with van der Waals surface area (Å²) in [4.78, 5) is 23.9. The Bertz CT molecular complexity index is 584. The zero-order valence-corrected chi connectivity index (χ0v) is 17.9. The summed E-state index contributed by atoms with van der Waals surface area (Å²) in [5.41, 5.74) is -0.295. The first-order valence-electron chi connectivity index (χ1n) is 11.0. The van der Waals surface area contributed by atoms with Gasteiger partial charge >= 0.3 is 11.9 Å². The first-order valence-corrected chi connectivity index (χ1v) is 11.0. The van der Waals surface area contributed by atoms with Gasteiger partial charge in [-0.2, -0.15) is 0 Å². The summed E-state index contributed by atoms with van der Waals surface area (Å²) >= 11 is 0. The fraction of sp³-hybridized carbons (Fsp3) is 0.667. The van der Waals surface area contributed by atoms with Gasteiger partial charge in [0.2, 0.25) is 0 Å². The van der Waals surface area contributed by atoms with Gasteiger partial charge in [0.1, 0.15) is 5.57 Å². The predicted octanol–water partition coefficient (Wildman–Crippen LogP) is 6.53. The molecule has 0 radical (unpaired) electrons. The zero-order valence-electron chi connectivity index (χ0n) is 17.9. The van der Waals surface area contributed by atoms with E-state index < -0.39 is 22.9 Å². The summed E-state index contributed by atoms with van der Waals surface area (Å²) in [6, 6.07) is 0. The van der Waals surface area contributed by atoms with E-state index in [1.807, 2.05) is 12.2 Å². The molecule has 2 unspecified atom stereocenters. The van der Waals surface area contributed by atoms with Crippen molar-refractivity contribution in [3.63, 3.8) is 0 Å². The fourth-order valence-corrected chi connectivity index (χ4v) is 4.38. The molecular weight excluding hydrogens is 352 g/mol. The van der Waals surface area contributed by atoms with E-state index in [0.717, 1.165) is 64.2 Å². The highest BCUT2D eigenvalue weighted by atomic mass is 16.4. The third kappa shape index (κ3) is 6.35. The molecule has 1 aliphatic carbocycles. The monoisotopic (exact) mass is 390 g/mol. The summed E-state index contributed by atoms with van der Waals surface area (Å²) in [6.07, 6.45) is 18.8. The number of hydrogen-bond donors (Lipinski definition) is 2. The minimum Gasteiger partial charge on any atom is -0.477 e. The van der Waals surface area contributed by atoms with Crippen LogP contribution in [0.25, 0.3) is 0 Å². The standard InChI is InChI=1S/C24H38O4/c1-4-7-10-12-17-24(18-13-11-15-19(24)14-8-5-2)20(16-9-6-3)21(22(25)26)23(27)28/h11,13,15,18-19H,4-10,12,14,16-17H2,1-3H3,(H,25,26)(H,27,28). The highest BCUT2D eigenvalue weighted by molar-refractivity contribution is 6.13. The second-order valence-electron chi connectivity index (χ2n) is 7.91. The highest BCUT2D eigenvalue weighted by Crippen LogP contribution is 2.50. The lowest BCUT2D eigenvalue weighted by Gasteiger charge is -2.42. The molecule has 0 spiro atoms. The van der Waals surface area contributed by atoms with E-state index in [-0.39, 0.29) is 5.92 Å². The number of unbranched alkanes of at least 4 members (excludes halogenated alkanes) is 5. The Morgan fingerprint density at radius 3 is 2.07 bits per heavy atom. The molecule has 0 bridgehead atoms. The van der Waals surface area contributed by atoms with Crippen molar-refractivity contribution in [2.75, 3.05) is 0 Å². The Kier molecular flexibility index (Phi) is 10.9. The Labute approximate surface area is 170 Å². The summed E-state index contributed by atoms with van der Waals surface area (Å²) in [7, 11) is 0. The lowest BCUT2D eigenvalue weighted by Crippen LogP contribution is -2.35. The van der Waals surface area contributed by atoms with Crippen LogP contribution in [-0.2, 0) is 9.59 Å². The molecule has 4 heteroatoms. The largest absolute Gasteiger partial charge is 0.477 e. The Morgan fingerprint density at radius 2 is 1.50 bits per heavy atom. The quantitative estimate of drug-likeness (QED) is 0.153. The van der Waals surface area contributed by atoms with Gasteiger partial charge in [-0.25, -0.2) is 9.59 Å². The summed E-state index contributed by atoms with van der Waals surface area (Å²) in [5, 5.41) is 19.5. The third-order valence-electron chi connectivity index (χ3n) is 5.89. The van der Waals surface area contributed by atoms with Gasteiger partial charge in [0.25, 0.3) is 0 Å². The van der Waals surface area contributed by atoms with Crippen LogP contribution in [-0.4, -0.2) is 22.2 Å². The van der Waals surface area contributed by atoms with Gasteiger partial charge in [-0.05, 0) is 37.2 Å². The van der Waals surface area contributed by atoms with Crippen molar-refractivity contribution in [1.29, 1.82) is 0 Å². The molecule has 0 heterocycles. The first kappa shape index (κ1) is 24.2. The molecule has 4 nitrogen and oxygen atoms in total. The maximum atomic E-state index is 11.9. The molecule has 0 fully saturated rings. The van der Waals surface area contributed by atoms with Crippen molar-refractivity contribution >= 4 is 11.9 Å². The lowest BCUT2D eigenvalue weighted by molar-refractivity contribution is -0.140. The molecule has 0 aromatic heterocycles. The van der Waals surface area contributed by atoms with Gasteiger partial charge in [-0.15, -0.1) is 0 Å². The van der Waals surface area contributed by atoms with E-state index in [1.165, 1.54) is 0 Å². The van der Waals surface area contributed by atoms with Crippen molar-refractivity contribution in [3.8, 4) is 0 Å². The minimum absolute atomic E-state index is 0.152. The Morgan fingerprint density at radius 1 is 0.857 bits per heavy atom. The molecule has 1 rings (SSSR count). The highest BCUT2D eigenvalue weighted by Gasteiger charge is 2.42. The van der Waals surface area contributed by atoms with Crippen LogP contribution >= 0.6 is 0 Å². The molecule has 0 saturated heterocycles. The minimum atomic E-state index is -1.32. The van der Waals surface area contributed by atoms with Crippen molar-refractivity contribution in [3.05, 3.63) is 35.5 Å². The fourth-order valence-electron chi connectivity index (χ4n) is 4.38. The Balaban J connectivity index is 3.51. The predicted molar refractivity (Wildman–Crippen MR) is 114 cm³/mol. The van der Waals surface area contributed by atoms with Crippen LogP contribution in [0.2, 0.25) is 0 Å². The van der Waals surface area contributed by atoms with Gasteiger partial charge in [-0.3, -0.25) is 0 Å². The molecule has 28 heavy (non-hydrogen) atoms. The van der Waals surface area contributed by atoms with E-state index in [1.54, 1.807) is 0 Å². The van der Waals surface area contributed by atoms with Crippen LogP contribution in [0.15, 0.2) is 35.5 Å². The van der Waals surface area contributed by atoms with Crippen molar-refractivity contribution in [2.45, 2.75) is 91.4 Å². The van der Waals surface area contributed by atoms with Crippen LogP contribution in [0.4, 0.5) is 0 Å². The number of rotatable bonds is 14. The summed E-state index contributed by atoms with van der Waals surface area (Å²) in [6.45, 7) is 6.37. The van der Waals surface area contributed by atoms with Crippen LogP contribution in [0.1, 0.15) is 91.4 Å². The molecule has 1 aliphatic rings. The van der Waals surface area contributed by atoms with Crippen LogP contribution in [0, 0.1) is 11.3 Å². The molecule has 0 aromatic rings. The average molecular weight is 391 g/mol. The van der Waals surface area contributed by atoms with Crippen LogP contribution in [0.3, 0.4) is 0 Å². The normalized spacial score (nSPS) is 20.9. The summed E-state index contributed by atoms with van der Waals surface area (Å²) in [5.74, 6) is -2.48. The summed E-state index contributed by atoms with van der Waals surface area (Å²) < 4.78 is 0. The van der Waals surface area contributed by atoms with Crippen molar-refractivity contribution in [2.24, 2.45) is 11.3 Å². The molecule has 0 aliphatic heterocycles. The second kappa shape index (κ2) is 12.6. The number of carboxylic acid groups (broad SMARTS) is 2. The molecule has 0 aromatic carbocycles. The number of carbonyl (C=O) groups is 2. The van der Waals surface area contributed by atoms with Crippen molar-refractivity contribution in [1.82, 2.24) is 0 Å².